The van der Waals surface area contributed by atoms with Crippen molar-refractivity contribution in [1.29, 1.82) is 0 Å². The Morgan fingerprint density at radius 1 is 0.800 bits per heavy atom. The predicted molar refractivity (Wildman–Crippen MR) is 81.1 cm³/mol. The normalized spacial score (nSPS) is 10.8. The lowest BCUT2D eigenvalue weighted by Crippen LogP contribution is -2.38. The number of ether oxygens (including phenoxy) is 2. The standard InChI is InChI=1S/C17H21NO2/c1-14(2)18-13-17(19-15-9-5-3-6-10-15)20-16-11-7-4-8-12-16/h3-12,14,17-18H,13H2,1-2H3. The Morgan fingerprint density at radius 3 is 1.65 bits per heavy atom. The molecule has 0 aliphatic carbocycles. The van der Waals surface area contributed by atoms with Gasteiger partial charge in [-0.15, -0.1) is 0 Å². The van der Waals surface area contributed by atoms with Crippen LogP contribution in [0.25, 0.3) is 0 Å². The van der Waals surface area contributed by atoms with Crippen molar-refractivity contribution >= 4 is 0 Å². The fourth-order valence-corrected chi connectivity index (χ4v) is 1.74. The summed E-state index contributed by atoms with van der Waals surface area (Å²) < 4.78 is 11.8. The summed E-state index contributed by atoms with van der Waals surface area (Å²) in [7, 11) is 0. The summed E-state index contributed by atoms with van der Waals surface area (Å²) in [6.45, 7) is 4.83. The summed E-state index contributed by atoms with van der Waals surface area (Å²) >= 11 is 0. The van der Waals surface area contributed by atoms with Crippen LogP contribution in [0.15, 0.2) is 60.7 Å². The van der Waals surface area contributed by atoms with E-state index in [0.29, 0.717) is 12.6 Å². The molecule has 20 heavy (non-hydrogen) atoms. The van der Waals surface area contributed by atoms with Crippen LogP contribution in [-0.4, -0.2) is 18.9 Å². The van der Waals surface area contributed by atoms with Crippen LogP contribution >= 0.6 is 0 Å². The molecule has 106 valence electrons. The maximum absolute atomic E-state index is 5.88. The van der Waals surface area contributed by atoms with Crippen LogP contribution in [0, 0.1) is 0 Å². The smallest absolute Gasteiger partial charge is 0.253 e. The van der Waals surface area contributed by atoms with Crippen LogP contribution in [0.3, 0.4) is 0 Å². The Bertz CT molecular complexity index is 443. The molecule has 0 unspecified atom stereocenters. The second-order valence-corrected chi connectivity index (χ2v) is 4.85. The van der Waals surface area contributed by atoms with Gasteiger partial charge < -0.3 is 14.8 Å². The fourth-order valence-electron chi connectivity index (χ4n) is 1.74. The minimum Gasteiger partial charge on any atom is -0.454 e. The van der Waals surface area contributed by atoms with Gasteiger partial charge in [-0.05, 0) is 24.3 Å². The Balaban J connectivity index is 2.00. The van der Waals surface area contributed by atoms with Crippen LogP contribution in [0.1, 0.15) is 13.8 Å². The maximum Gasteiger partial charge on any atom is 0.253 e. The summed E-state index contributed by atoms with van der Waals surface area (Å²) in [6.07, 6.45) is -0.359. The second kappa shape index (κ2) is 7.56. The molecule has 3 heteroatoms. The summed E-state index contributed by atoms with van der Waals surface area (Å²) in [5.74, 6) is 1.61. The second-order valence-electron chi connectivity index (χ2n) is 4.85. The quantitative estimate of drug-likeness (QED) is 0.782. The van der Waals surface area contributed by atoms with E-state index in [1.165, 1.54) is 0 Å². The number of nitrogens with one attached hydrogen (secondary N) is 1. The van der Waals surface area contributed by atoms with Gasteiger partial charge in [-0.2, -0.15) is 0 Å². The van der Waals surface area contributed by atoms with Gasteiger partial charge in [0.2, 0.25) is 0 Å². The van der Waals surface area contributed by atoms with E-state index in [1.807, 2.05) is 60.7 Å². The van der Waals surface area contributed by atoms with Crippen molar-refractivity contribution < 1.29 is 9.47 Å². The molecular formula is C17H21NO2. The molecule has 0 aliphatic rings. The highest BCUT2D eigenvalue weighted by Gasteiger charge is 2.12. The van der Waals surface area contributed by atoms with Crippen molar-refractivity contribution in [3.8, 4) is 11.5 Å². The molecular weight excluding hydrogens is 250 g/mol. The van der Waals surface area contributed by atoms with Gasteiger partial charge in [-0.1, -0.05) is 50.2 Å². The molecule has 0 spiro atoms. The summed E-state index contributed by atoms with van der Waals surface area (Å²) in [4.78, 5) is 0. The summed E-state index contributed by atoms with van der Waals surface area (Å²) in [5.41, 5.74) is 0. The van der Waals surface area contributed by atoms with Crippen molar-refractivity contribution in [1.82, 2.24) is 5.32 Å². The molecule has 0 aromatic heterocycles. The van der Waals surface area contributed by atoms with Gasteiger partial charge in [0.1, 0.15) is 11.5 Å². The molecule has 0 radical (unpaired) electrons. The molecule has 0 saturated carbocycles. The van der Waals surface area contributed by atoms with E-state index in [2.05, 4.69) is 19.2 Å². The molecule has 0 aliphatic heterocycles. The first kappa shape index (κ1) is 14.4. The Kier molecular flexibility index (Phi) is 5.44. The van der Waals surface area contributed by atoms with Crippen molar-refractivity contribution in [2.45, 2.75) is 26.2 Å². The maximum atomic E-state index is 5.88. The van der Waals surface area contributed by atoms with E-state index in [-0.39, 0.29) is 6.29 Å². The highest BCUT2D eigenvalue weighted by atomic mass is 16.7. The van der Waals surface area contributed by atoms with E-state index in [1.54, 1.807) is 0 Å². The third-order valence-corrected chi connectivity index (χ3v) is 2.71. The monoisotopic (exact) mass is 271 g/mol. The zero-order chi connectivity index (χ0) is 14.2. The van der Waals surface area contributed by atoms with Gasteiger partial charge in [0.25, 0.3) is 6.29 Å². The average molecular weight is 271 g/mol. The van der Waals surface area contributed by atoms with Gasteiger partial charge in [-0.25, -0.2) is 0 Å². The van der Waals surface area contributed by atoms with E-state index in [4.69, 9.17) is 9.47 Å². The Hall–Kier alpha value is -2.00. The third-order valence-electron chi connectivity index (χ3n) is 2.71. The molecule has 0 bridgehead atoms. The number of hydrogen-bond donors (Lipinski definition) is 1. The summed E-state index contributed by atoms with van der Waals surface area (Å²) in [6, 6.07) is 19.8. The van der Waals surface area contributed by atoms with Gasteiger partial charge in [0.15, 0.2) is 0 Å². The zero-order valence-corrected chi connectivity index (χ0v) is 12.0. The van der Waals surface area contributed by atoms with Crippen molar-refractivity contribution in [2.75, 3.05) is 6.54 Å². The Labute approximate surface area is 120 Å². The largest absolute Gasteiger partial charge is 0.454 e. The number of hydrogen-bond acceptors (Lipinski definition) is 3. The van der Waals surface area contributed by atoms with Crippen LogP contribution in [-0.2, 0) is 0 Å². The predicted octanol–water partition coefficient (Wildman–Crippen LogP) is 3.47. The minimum absolute atomic E-state index is 0.359. The van der Waals surface area contributed by atoms with Crippen LogP contribution < -0.4 is 14.8 Å². The molecule has 0 fully saturated rings. The van der Waals surface area contributed by atoms with Gasteiger partial charge in [0.05, 0.1) is 6.54 Å². The van der Waals surface area contributed by atoms with E-state index in [0.717, 1.165) is 11.5 Å². The SMILES string of the molecule is CC(C)NCC(Oc1ccccc1)Oc1ccccc1. The molecule has 2 aromatic carbocycles. The highest BCUT2D eigenvalue weighted by molar-refractivity contribution is 5.23. The van der Waals surface area contributed by atoms with E-state index in [9.17, 15) is 0 Å². The van der Waals surface area contributed by atoms with Gasteiger partial charge >= 0.3 is 0 Å². The van der Waals surface area contributed by atoms with Gasteiger partial charge in [-0.3, -0.25) is 0 Å². The molecule has 0 amide bonds. The van der Waals surface area contributed by atoms with Crippen molar-refractivity contribution in [3.05, 3.63) is 60.7 Å². The minimum atomic E-state index is -0.359. The molecule has 0 saturated heterocycles. The van der Waals surface area contributed by atoms with Crippen LogP contribution in [0.5, 0.6) is 11.5 Å². The molecule has 3 nitrogen and oxygen atoms in total. The van der Waals surface area contributed by atoms with E-state index >= 15 is 0 Å². The molecule has 1 N–H and O–H groups in total. The van der Waals surface area contributed by atoms with Crippen LogP contribution in [0.2, 0.25) is 0 Å². The lowest BCUT2D eigenvalue weighted by Gasteiger charge is -2.22. The molecule has 0 heterocycles. The molecule has 2 aromatic rings. The molecule has 0 atom stereocenters. The first-order valence-corrected chi connectivity index (χ1v) is 6.91. The van der Waals surface area contributed by atoms with E-state index < -0.39 is 0 Å². The van der Waals surface area contributed by atoms with Crippen molar-refractivity contribution in [3.63, 3.8) is 0 Å². The topological polar surface area (TPSA) is 30.5 Å². The first-order valence-electron chi connectivity index (χ1n) is 6.91. The number of para-hydroxylation sites is 2. The number of benzene rings is 2. The fraction of sp³-hybridized carbons (Fsp3) is 0.294. The average Bonchev–Trinajstić information content (AvgIpc) is 2.47. The lowest BCUT2D eigenvalue weighted by molar-refractivity contribution is 0.00569. The third kappa shape index (κ3) is 4.94. The first-order chi connectivity index (χ1) is 9.74. The number of rotatable bonds is 7. The highest BCUT2D eigenvalue weighted by Crippen LogP contribution is 2.15. The van der Waals surface area contributed by atoms with Crippen LogP contribution in [0.4, 0.5) is 0 Å². The lowest BCUT2D eigenvalue weighted by atomic mass is 10.3. The van der Waals surface area contributed by atoms with Gasteiger partial charge in [0, 0.05) is 6.04 Å². The zero-order valence-electron chi connectivity index (χ0n) is 12.0. The van der Waals surface area contributed by atoms with Crippen molar-refractivity contribution in [2.24, 2.45) is 0 Å². The Morgan fingerprint density at radius 2 is 1.25 bits per heavy atom. The summed E-state index contributed by atoms with van der Waals surface area (Å²) in [5, 5.41) is 3.34. The molecule has 2 rings (SSSR count).